The zero-order valence-electron chi connectivity index (χ0n) is 15.4. The number of benzene rings is 2. The van der Waals surface area contributed by atoms with Crippen molar-refractivity contribution in [3.8, 4) is 12.3 Å². The molecule has 3 aromatic rings. The van der Waals surface area contributed by atoms with E-state index in [1.54, 1.807) is 6.07 Å². The highest BCUT2D eigenvalue weighted by Crippen LogP contribution is 2.27. The molecule has 2 aromatic carbocycles. The van der Waals surface area contributed by atoms with Gasteiger partial charge in [-0.3, -0.25) is 9.59 Å². The van der Waals surface area contributed by atoms with E-state index in [9.17, 15) is 9.59 Å². The van der Waals surface area contributed by atoms with Crippen molar-refractivity contribution in [3.05, 3.63) is 59.1 Å². The van der Waals surface area contributed by atoms with Crippen LogP contribution >= 0.6 is 23.4 Å². The molecule has 0 aliphatic rings. The first kappa shape index (κ1) is 20.8. The van der Waals surface area contributed by atoms with Crippen LogP contribution in [-0.4, -0.2) is 40.3 Å². The van der Waals surface area contributed by atoms with E-state index in [-0.39, 0.29) is 18.9 Å². The molecule has 0 saturated heterocycles. The second-order valence-electron chi connectivity index (χ2n) is 6.03. The number of carbonyl (C=O) groups excluding carboxylic acids is 2. The first-order valence-electron chi connectivity index (χ1n) is 8.75. The number of aromatic nitrogens is 2. The summed E-state index contributed by atoms with van der Waals surface area (Å²) < 4.78 is 7.00. The number of fused-ring (bicyclic) bond motifs is 1. The van der Waals surface area contributed by atoms with Crippen molar-refractivity contribution in [1.82, 2.24) is 14.9 Å². The normalized spacial score (nSPS) is 10.5. The first-order valence-corrected chi connectivity index (χ1v) is 10.1. The van der Waals surface area contributed by atoms with Crippen LogP contribution in [0.15, 0.2) is 53.7 Å². The third-order valence-electron chi connectivity index (χ3n) is 3.93. The lowest BCUT2D eigenvalue weighted by molar-refractivity contribution is -0.145. The van der Waals surface area contributed by atoms with Crippen molar-refractivity contribution in [2.75, 3.05) is 18.9 Å². The Labute approximate surface area is 177 Å². The van der Waals surface area contributed by atoms with Crippen LogP contribution in [0.1, 0.15) is 5.56 Å². The molecule has 0 fully saturated rings. The van der Waals surface area contributed by atoms with E-state index in [1.165, 1.54) is 11.8 Å². The number of ether oxygens (including phenoxy) is 1. The van der Waals surface area contributed by atoms with Gasteiger partial charge in [0.2, 0.25) is 0 Å². The van der Waals surface area contributed by atoms with Gasteiger partial charge >= 0.3 is 5.97 Å². The van der Waals surface area contributed by atoms with Gasteiger partial charge in [0, 0.05) is 5.02 Å². The van der Waals surface area contributed by atoms with Gasteiger partial charge in [-0.2, -0.15) is 0 Å². The molecule has 0 aliphatic heterocycles. The highest BCUT2D eigenvalue weighted by Gasteiger charge is 2.15. The summed E-state index contributed by atoms with van der Waals surface area (Å²) in [5.74, 6) is 1.35. The molecule has 0 saturated carbocycles. The lowest BCUT2D eigenvalue weighted by Crippen LogP contribution is -2.29. The second kappa shape index (κ2) is 10.0. The maximum absolute atomic E-state index is 12.0. The zero-order valence-corrected chi connectivity index (χ0v) is 17.0. The Bertz CT molecular complexity index is 1060. The fourth-order valence-electron chi connectivity index (χ4n) is 2.62. The summed E-state index contributed by atoms with van der Waals surface area (Å²) >= 11 is 7.34. The Morgan fingerprint density at radius 1 is 1.24 bits per heavy atom. The van der Waals surface area contributed by atoms with Crippen LogP contribution < -0.4 is 5.32 Å². The Balaban J connectivity index is 1.71. The van der Waals surface area contributed by atoms with E-state index < -0.39 is 11.9 Å². The number of nitrogens with one attached hydrogen (secondary N) is 1. The van der Waals surface area contributed by atoms with Gasteiger partial charge in [0.1, 0.15) is 0 Å². The summed E-state index contributed by atoms with van der Waals surface area (Å²) in [6, 6.07) is 15.5. The van der Waals surface area contributed by atoms with Crippen molar-refractivity contribution in [2.24, 2.45) is 0 Å². The molecule has 8 heteroatoms. The number of carbonyl (C=O) groups is 2. The minimum atomic E-state index is -0.512. The van der Waals surface area contributed by atoms with Crippen molar-refractivity contribution in [3.63, 3.8) is 0 Å². The van der Waals surface area contributed by atoms with Crippen LogP contribution in [0.3, 0.4) is 0 Å². The zero-order chi connectivity index (χ0) is 20.6. The van der Waals surface area contributed by atoms with Gasteiger partial charge in [0.05, 0.1) is 29.9 Å². The topological polar surface area (TPSA) is 73.2 Å². The fourth-order valence-corrected chi connectivity index (χ4v) is 3.60. The van der Waals surface area contributed by atoms with E-state index in [0.717, 1.165) is 16.6 Å². The van der Waals surface area contributed by atoms with Crippen molar-refractivity contribution in [2.45, 2.75) is 11.7 Å². The molecule has 0 spiro atoms. The Morgan fingerprint density at radius 2 is 2.03 bits per heavy atom. The molecule has 0 unspecified atom stereocenters. The molecule has 1 amide bonds. The molecule has 1 N–H and O–H groups in total. The van der Waals surface area contributed by atoms with Crippen molar-refractivity contribution < 1.29 is 14.3 Å². The Hall–Kier alpha value is -2.95. The van der Waals surface area contributed by atoms with Crippen molar-refractivity contribution in [1.29, 1.82) is 0 Å². The van der Waals surface area contributed by atoms with Crippen LogP contribution in [0.5, 0.6) is 0 Å². The fraction of sp³-hybridized carbons (Fsp3) is 0.190. The summed E-state index contributed by atoms with van der Waals surface area (Å²) in [4.78, 5) is 28.1. The highest BCUT2D eigenvalue weighted by molar-refractivity contribution is 7.99. The third-order valence-corrected chi connectivity index (χ3v) is 5.11. The number of hydrogen-bond donors (Lipinski definition) is 1. The van der Waals surface area contributed by atoms with Crippen LogP contribution in [0, 0.1) is 12.3 Å². The van der Waals surface area contributed by atoms with Gasteiger partial charge < -0.3 is 14.6 Å². The van der Waals surface area contributed by atoms with Crippen LogP contribution in [-0.2, 0) is 20.9 Å². The van der Waals surface area contributed by atoms with E-state index in [4.69, 9.17) is 22.8 Å². The molecule has 148 valence electrons. The van der Waals surface area contributed by atoms with Gasteiger partial charge in [-0.15, -0.1) is 6.42 Å². The lowest BCUT2D eigenvalue weighted by atomic mass is 10.2. The predicted octanol–water partition coefficient (Wildman–Crippen LogP) is 3.12. The number of esters is 1. The molecule has 0 bridgehead atoms. The van der Waals surface area contributed by atoms with Gasteiger partial charge in [0.25, 0.3) is 5.91 Å². The number of hydrogen-bond acceptors (Lipinski definition) is 5. The van der Waals surface area contributed by atoms with Gasteiger partial charge in [-0.1, -0.05) is 59.6 Å². The molecule has 3 rings (SSSR count). The number of terminal acetylenes is 1. The summed E-state index contributed by atoms with van der Waals surface area (Å²) in [5.41, 5.74) is 2.78. The quantitative estimate of drug-likeness (QED) is 0.339. The average Bonchev–Trinajstić information content (AvgIpc) is 3.06. The molecule has 29 heavy (non-hydrogen) atoms. The van der Waals surface area contributed by atoms with Crippen molar-refractivity contribution >= 4 is 46.3 Å². The number of imidazole rings is 1. The molecule has 1 aromatic heterocycles. The van der Waals surface area contributed by atoms with Gasteiger partial charge in [-0.05, 0) is 23.8 Å². The summed E-state index contributed by atoms with van der Waals surface area (Å²) in [6.07, 6.45) is 5.06. The first-order chi connectivity index (χ1) is 14.1. The summed E-state index contributed by atoms with van der Waals surface area (Å²) in [5, 5.41) is 3.69. The SMILES string of the molecule is C#CCNC(=O)COC(=O)CSc1nc2cc(Cl)ccc2n1Cc1ccccc1. The molecule has 6 nitrogen and oxygen atoms in total. The molecular formula is C21H18ClN3O3S. The Morgan fingerprint density at radius 3 is 2.79 bits per heavy atom. The smallest absolute Gasteiger partial charge is 0.316 e. The number of nitrogens with zero attached hydrogens (tertiary/aromatic N) is 2. The lowest BCUT2D eigenvalue weighted by Gasteiger charge is -2.09. The number of halogens is 1. The van der Waals surface area contributed by atoms with E-state index in [1.807, 2.05) is 47.0 Å². The van der Waals surface area contributed by atoms with Crippen LogP contribution in [0.2, 0.25) is 5.02 Å². The molecule has 0 radical (unpaired) electrons. The van der Waals surface area contributed by atoms with E-state index in [2.05, 4.69) is 16.2 Å². The minimum absolute atomic E-state index is 0.0221. The van der Waals surface area contributed by atoms with E-state index in [0.29, 0.717) is 16.7 Å². The summed E-state index contributed by atoms with van der Waals surface area (Å²) in [6.45, 7) is 0.333. The molecule has 0 aliphatic carbocycles. The predicted molar refractivity (Wildman–Crippen MR) is 114 cm³/mol. The second-order valence-corrected chi connectivity index (χ2v) is 7.41. The molecular weight excluding hydrogens is 410 g/mol. The minimum Gasteiger partial charge on any atom is -0.455 e. The van der Waals surface area contributed by atoms with Crippen LogP contribution in [0.25, 0.3) is 11.0 Å². The summed E-state index contributed by atoms with van der Waals surface area (Å²) in [7, 11) is 0. The van der Waals surface area contributed by atoms with Gasteiger partial charge in [0.15, 0.2) is 11.8 Å². The Kier molecular flexibility index (Phi) is 7.17. The monoisotopic (exact) mass is 427 g/mol. The van der Waals surface area contributed by atoms with E-state index >= 15 is 0 Å². The number of amides is 1. The highest BCUT2D eigenvalue weighted by atomic mass is 35.5. The van der Waals surface area contributed by atoms with Gasteiger partial charge in [-0.25, -0.2) is 4.98 Å². The maximum Gasteiger partial charge on any atom is 0.316 e. The maximum atomic E-state index is 12.0. The molecule has 0 atom stereocenters. The van der Waals surface area contributed by atoms with Crippen LogP contribution in [0.4, 0.5) is 0 Å². The number of rotatable bonds is 8. The molecule has 1 heterocycles. The number of thioether (sulfide) groups is 1. The third kappa shape index (κ3) is 5.76. The standard InChI is InChI=1S/C21H18ClN3O3S/c1-2-10-23-19(26)13-28-20(27)14-29-21-24-17-11-16(22)8-9-18(17)25(21)12-15-6-4-3-5-7-15/h1,3-9,11H,10,12-14H2,(H,23,26). The average molecular weight is 428 g/mol. The largest absolute Gasteiger partial charge is 0.455 e.